The number of hydrogen-bond donors (Lipinski definition) is 1. The van der Waals surface area contributed by atoms with Gasteiger partial charge in [-0.15, -0.1) is 0 Å². The number of rotatable bonds is 3. The largest absolute Gasteiger partial charge is 0.423 e. The van der Waals surface area contributed by atoms with Gasteiger partial charge in [-0.05, 0) is 55.4 Å². The van der Waals surface area contributed by atoms with Crippen molar-refractivity contribution in [3.63, 3.8) is 0 Å². The molecule has 3 rings (SSSR count). The van der Waals surface area contributed by atoms with Crippen molar-refractivity contribution < 1.29 is 9.32 Å². The fourth-order valence-corrected chi connectivity index (χ4v) is 3.66. The van der Waals surface area contributed by atoms with Gasteiger partial charge in [0.05, 0.1) is 13.1 Å². The maximum atomic E-state index is 11.9. The Kier molecular flexibility index (Phi) is 4.34. The fraction of sp³-hybridized carbons (Fsp3) is 0.526. The smallest absolute Gasteiger partial charge is 0.336 e. The summed E-state index contributed by atoms with van der Waals surface area (Å²) in [5.74, 6) is 0.478. The second-order valence-electron chi connectivity index (χ2n) is 6.94. The number of hydrogen-bond acceptors (Lipinski definition) is 2. The molecule has 2 heterocycles. The van der Waals surface area contributed by atoms with Gasteiger partial charge < -0.3 is 9.32 Å². The van der Waals surface area contributed by atoms with Crippen molar-refractivity contribution in [2.45, 2.75) is 52.5 Å². The van der Waals surface area contributed by atoms with Crippen LogP contribution < -0.4 is 10.5 Å². The molecule has 3 nitrogen and oxygen atoms in total. The molecule has 0 spiro atoms. The molecule has 1 aliphatic heterocycles. The number of piperidine rings is 1. The first-order valence-electron chi connectivity index (χ1n) is 8.45. The Balaban J connectivity index is 2.07. The van der Waals surface area contributed by atoms with Crippen molar-refractivity contribution >= 4 is 11.0 Å². The van der Waals surface area contributed by atoms with E-state index in [0.717, 1.165) is 23.1 Å². The van der Waals surface area contributed by atoms with Crippen molar-refractivity contribution in [1.82, 2.24) is 0 Å². The van der Waals surface area contributed by atoms with Gasteiger partial charge in [0.2, 0.25) is 0 Å². The molecule has 0 saturated carbocycles. The molecule has 0 aliphatic carbocycles. The molecule has 0 unspecified atom stereocenters. The minimum atomic E-state index is -0.226. The standard InChI is InChI=1S/C19H25NO2/c1-13(2)16-11-17-15(12-20-7-5-4-6-8-20)10-19(21)22-18(17)9-14(16)3/h9-11,13H,4-8,12H2,1-3H3/p+1. The van der Waals surface area contributed by atoms with Crippen molar-refractivity contribution in [3.05, 3.63) is 45.3 Å². The normalized spacial score (nSPS) is 16.5. The highest BCUT2D eigenvalue weighted by Crippen LogP contribution is 2.26. The first-order valence-corrected chi connectivity index (χ1v) is 8.45. The second-order valence-corrected chi connectivity index (χ2v) is 6.94. The molecule has 1 aromatic heterocycles. The third-order valence-corrected chi connectivity index (χ3v) is 4.84. The third kappa shape index (κ3) is 3.09. The zero-order valence-corrected chi connectivity index (χ0v) is 13.9. The summed E-state index contributed by atoms with van der Waals surface area (Å²) in [5, 5.41) is 1.12. The zero-order valence-electron chi connectivity index (χ0n) is 13.9. The minimum absolute atomic E-state index is 0.226. The van der Waals surface area contributed by atoms with Crippen LogP contribution in [0.2, 0.25) is 0 Å². The molecule has 1 fully saturated rings. The Hall–Kier alpha value is -1.61. The highest BCUT2D eigenvalue weighted by atomic mass is 16.4. The van der Waals surface area contributed by atoms with E-state index in [2.05, 4.69) is 26.8 Å². The van der Waals surface area contributed by atoms with Crippen molar-refractivity contribution in [2.24, 2.45) is 0 Å². The molecule has 0 atom stereocenters. The van der Waals surface area contributed by atoms with E-state index in [1.807, 2.05) is 6.07 Å². The van der Waals surface area contributed by atoms with E-state index in [-0.39, 0.29) is 5.63 Å². The molecule has 1 aromatic carbocycles. The molecule has 3 heteroatoms. The second kappa shape index (κ2) is 6.25. The first kappa shape index (κ1) is 15.3. The van der Waals surface area contributed by atoms with Crippen LogP contribution in [0.15, 0.2) is 27.4 Å². The van der Waals surface area contributed by atoms with Gasteiger partial charge in [-0.1, -0.05) is 13.8 Å². The fourth-order valence-electron chi connectivity index (χ4n) is 3.66. The minimum Gasteiger partial charge on any atom is -0.423 e. The lowest BCUT2D eigenvalue weighted by atomic mass is 9.94. The highest BCUT2D eigenvalue weighted by Gasteiger charge is 2.17. The molecule has 0 amide bonds. The molecule has 0 radical (unpaired) electrons. The summed E-state index contributed by atoms with van der Waals surface area (Å²) in [6.45, 7) is 9.88. The number of likely N-dealkylation sites (tertiary alicyclic amines) is 1. The van der Waals surface area contributed by atoms with Gasteiger partial charge in [0, 0.05) is 17.0 Å². The average molecular weight is 300 g/mol. The maximum Gasteiger partial charge on any atom is 0.336 e. The predicted molar refractivity (Wildman–Crippen MR) is 89.6 cm³/mol. The van der Waals surface area contributed by atoms with Crippen molar-refractivity contribution in [2.75, 3.05) is 13.1 Å². The summed E-state index contributed by atoms with van der Waals surface area (Å²) in [6, 6.07) is 5.96. The number of nitrogens with one attached hydrogen (secondary N) is 1. The summed E-state index contributed by atoms with van der Waals surface area (Å²) in [4.78, 5) is 13.5. The molecule has 2 aromatic rings. The number of aryl methyl sites for hydroxylation is 1. The van der Waals surface area contributed by atoms with Gasteiger partial charge in [-0.3, -0.25) is 0 Å². The van der Waals surface area contributed by atoms with Crippen molar-refractivity contribution in [1.29, 1.82) is 0 Å². The van der Waals surface area contributed by atoms with Crippen LogP contribution in [0.3, 0.4) is 0 Å². The van der Waals surface area contributed by atoms with E-state index < -0.39 is 0 Å². The van der Waals surface area contributed by atoms with E-state index in [9.17, 15) is 4.79 Å². The van der Waals surface area contributed by atoms with Crippen LogP contribution in [0.1, 0.15) is 55.7 Å². The third-order valence-electron chi connectivity index (χ3n) is 4.84. The van der Waals surface area contributed by atoms with Crippen LogP contribution in [0.4, 0.5) is 0 Å². The molecule has 1 saturated heterocycles. The first-order chi connectivity index (χ1) is 10.5. The molecular formula is C19H26NO2+. The lowest BCUT2D eigenvalue weighted by Crippen LogP contribution is -3.11. The van der Waals surface area contributed by atoms with E-state index >= 15 is 0 Å². The van der Waals surface area contributed by atoms with Gasteiger partial charge in [0.25, 0.3) is 0 Å². The Morgan fingerprint density at radius 1 is 1.14 bits per heavy atom. The molecule has 118 valence electrons. The summed E-state index contributed by atoms with van der Waals surface area (Å²) in [6.07, 6.45) is 3.94. The Morgan fingerprint density at radius 3 is 2.55 bits per heavy atom. The zero-order chi connectivity index (χ0) is 15.7. The Bertz CT molecular complexity index is 724. The van der Waals surface area contributed by atoms with Crippen LogP contribution in [0, 0.1) is 6.92 Å². The molecule has 1 aliphatic rings. The van der Waals surface area contributed by atoms with Crippen LogP contribution in [-0.2, 0) is 6.54 Å². The van der Waals surface area contributed by atoms with E-state index in [1.165, 1.54) is 43.5 Å². The van der Waals surface area contributed by atoms with Crippen LogP contribution >= 0.6 is 0 Å². The summed E-state index contributed by atoms with van der Waals surface area (Å²) in [7, 11) is 0. The number of benzene rings is 1. The quantitative estimate of drug-likeness (QED) is 0.885. The van der Waals surface area contributed by atoms with Gasteiger partial charge in [0.15, 0.2) is 0 Å². The van der Waals surface area contributed by atoms with E-state index in [1.54, 1.807) is 11.0 Å². The van der Waals surface area contributed by atoms with E-state index in [4.69, 9.17) is 4.42 Å². The van der Waals surface area contributed by atoms with Gasteiger partial charge >= 0.3 is 5.63 Å². The number of quaternary nitrogens is 1. The molecule has 1 N–H and O–H groups in total. The lowest BCUT2D eigenvalue weighted by Gasteiger charge is -2.24. The maximum absolute atomic E-state index is 11.9. The molecular weight excluding hydrogens is 274 g/mol. The van der Waals surface area contributed by atoms with E-state index in [0.29, 0.717) is 5.92 Å². The monoisotopic (exact) mass is 300 g/mol. The van der Waals surface area contributed by atoms with Gasteiger partial charge in [-0.2, -0.15) is 0 Å². The van der Waals surface area contributed by atoms with Crippen LogP contribution in [-0.4, -0.2) is 13.1 Å². The summed E-state index contributed by atoms with van der Waals surface area (Å²) < 4.78 is 5.44. The Morgan fingerprint density at radius 2 is 1.86 bits per heavy atom. The van der Waals surface area contributed by atoms with Crippen molar-refractivity contribution in [3.8, 4) is 0 Å². The predicted octanol–water partition coefficient (Wildman–Crippen LogP) is 2.79. The number of fused-ring (bicyclic) bond motifs is 1. The van der Waals surface area contributed by atoms with Gasteiger partial charge in [-0.25, -0.2) is 4.79 Å². The lowest BCUT2D eigenvalue weighted by molar-refractivity contribution is -0.918. The topological polar surface area (TPSA) is 34.6 Å². The van der Waals surface area contributed by atoms with Gasteiger partial charge in [0.1, 0.15) is 12.1 Å². The SMILES string of the molecule is Cc1cc2oc(=O)cc(C[NH+]3CCCCC3)c2cc1C(C)C. The van der Waals surface area contributed by atoms with Crippen LogP contribution in [0.5, 0.6) is 0 Å². The summed E-state index contributed by atoms with van der Waals surface area (Å²) in [5.41, 5.74) is 4.20. The van der Waals surface area contributed by atoms with Crippen LogP contribution in [0.25, 0.3) is 11.0 Å². The summed E-state index contributed by atoms with van der Waals surface area (Å²) >= 11 is 0. The Labute approximate surface area is 131 Å². The highest BCUT2D eigenvalue weighted by molar-refractivity contribution is 5.82. The molecule has 22 heavy (non-hydrogen) atoms. The average Bonchev–Trinajstić information content (AvgIpc) is 2.47. The molecule has 0 bridgehead atoms.